The number of aliphatic hydroxyl groups is 1. The van der Waals surface area contributed by atoms with Crippen LogP contribution in [0.4, 0.5) is 4.79 Å². The van der Waals surface area contributed by atoms with Gasteiger partial charge in [-0.05, 0) is 31.2 Å². The van der Waals surface area contributed by atoms with Crippen LogP contribution in [0.3, 0.4) is 0 Å². The molecule has 0 aliphatic heterocycles. The Bertz CT molecular complexity index is 366. The van der Waals surface area contributed by atoms with Crippen LogP contribution in [0.25, 0.3) is 0 Å². The molecule has 6 heteroatoms. The fraction of sp³-hybridized carbons (Fsp3) is 0.615. The largest absolute Gasteiger partial charge is 0.385 e. The maximum Gasteiger partial charge on any atom is 0.314 e. The van der Waals surface area contributed by atoms with Crippen molar-refractivity contribution in [3.05, 3.63) is 22.4 Å². The molecule has 2 amide bonds. The number of unbranched alkanes of at least 4 members (excludes halogenated alkanes) is 1. The van der Waals surface area contributed by atoms with E-state index in [0.717, 1.165) is 17.7 Å². The fourth-order valence-corrected chi connectivity index (χ4v) is 2.35. The lowest BCUT2D eigenvalue weighted by molar-refractivity contribution is 0.0631. The van der Waals surface area contributed by atoms with Gasteiger partial charge in [0, 0.05) is 25.1 Å². The number of ether oxygens (including phenoxy) is 1. The molecule has 0 aromatic carbocycles. The summed E-state index contributed by atoms with van der Waals surface area (Å²) in [5, 5.41) is 17.5. The lowest BCUT2D eigenvalue weighted by Gasteiger charge is -2.22. The van der Waals surface area contributed by atoms with Crippen LogP contribution in [0, 0.1) is 0 Å². The summed E-state index contributed by atoms with van der Waals surface area (Å²) in [6, 6.07) is 3.48. The highest BCUT2D eigenvalue weighted by Crippen LogP contribution is 2.24. The number of hydrogen-bond acceptors (Lipinski definition) is 4. The van der Waals surface area contributed by atoms with Gasteiger partial charge in [-0.25, -0.2) is 4.79 Å². The van der Waals surface area contributed by atoms with E-state index in [4.69, 9.17) is 4.74 Å². The molecule has 0 radical (unpaired) electrons. The molecule has 1 rings (SSSR count). The predicted octanol–water partition coefficient (Wildman–Crippen LogP) is 1.68. The van der Waals surface area contributed by atoms with Crippen LogP contribution in [-0.4, -0.2) is 37.9 Å². The quantitative estimate of drug-likeness (QED) is 0.637. The van der Waals surface area contributed by atoms with E-state index in [9.17, 15) is 9.90 Å². The number of thiophene rings is 1. The predicted molar refractivity (Wildman–Crippen MR) is 76.4 cm³/mol. The molecule has 1 aromatic rings. The molecule has 0 aliphatic carbocycles. The van der Waals surface area contributed by atoms with Crippen LogP contribution < -0.4 is 10.6 Å². The topological polar surface area (TPSA) is 70.6 Å². The Morgan fingerprint density at radius 3 is 2.89 bits per heavy atom. The molecule has 0 saturated heterocycles. The van der Waals surface area contributed by atoms with Crippen molar-refractivity contribution in [2.45, 2.75) is 25.4 Å². The van der Waals surface area contributed by atoms with E-state index in [1.807, 2.05) is 17.5 Å². The molecule has 1 unspecified atom stereocenters. The Morgan fingerprint density at radius 1 is 1.47 bits per heavy atom. The number of carbonyl (C=O) groups is 1. The Labute approximate surface area is 118 Å². The lowest BCUT2D eigenvalue weighted by atomic mass is 10.1. The number of carbonyl (C=O) groups excluding carboxylic acids is 1. The third-order valence-electron chi connectivity index (χ3n) is 2.71. The number of methoxy groups -OCH3 is 1. The van der Waals surface area contributed by atoms with Gasteiger partial charge in [0.25, 0.3) is 0 Å². The van der Waals surface area contributed by atoms with E-state index in [-0.39, 0.29) is 12.6 Å². The monoisotopic (exact) mass is 286 g/mol. The van der Waals surface area contributed by atoms with Gasteiger partial charge in [-0.1, -0.05) is 6.07 Å². The van der Waals surface area contributed by atoms with Gasteiger partial charge in [0.1, 0.15) is 5.60 Å². The molecule has 0 aliphatic rings. The molecule has 0 bridgehead atoms. The molecular weight excluding hydrogens is 264 g/mol. The zero-order valence-corrected chi connectivity index (χ0v) is 12.3. The molecule has 0 spiro atoms. The minimum atomic E-state index is -1.03. The SMILES string of the molecule is COCCCCNC(=O)NCC(C)(O)c1cccs1. The Balaban J connectivity index is 2.19. The van der Waals surface area contributed by atoms with Gasteiger partial charge in [-0.15, -0.1) is 11.3 Å². The Morgan fingerprint density at radius 2 is 2.26 bits per heavy atom. The number of amides is 2. The fourth-order valence-electron chi connectivity index (χ4n) is 1.56. The summed E-state index contributed by atoms with van der Waals surface area (Å²) in [5.41, 5.74) is -1.03. The van der Waals surface area contributed by atoms with Crippen molar-refractivity contribution >= 4 is 17.4 Å². The van der Waals surface area contributed by atoms with Crippen molar-refractivity contribution in [1.82, 2.24) is 10.6 Å². The van der Waals surface area contributed by atoms with Crippen LogP contribution >= 0.6 is 11.3 Å². The molecule has 1 atom stereocenters. The highest BCUT2D eigenvalue weighted by Gasteiger charge is 2.24. The maximum absolute atomic E-state index is 11.5. The highest BCUT2D eigenvalue weighted by atomic mass is 32.1. The average molecular weight is 286 g/mol. The van der Waals surface area contributed by atoms with Crippen LogP contribution in [-0.2, 0) is 10.3 Å². The van der Waals surface area contributed by atoms with Gasteiger partial charge in [0.2, 0.25) is 0 Å². The van der Waals surface area contributed by atoms with Gasteiger partial charge in [0.15, 0.2) is 0 Å². The first-order chi connectivity index (χ1) is 9.06. The molecule has 19 heavy (non-hydrogen) atoms. The first kappa shape index (κ1) is 15.9. The van der Waals surface area contributed by atoms with Gasteiger partial charge < -0.3 is 20.5 Å². The van der Waals surface area contributed by atoms with Crippen molar-refractivity contribution in [2.75, 3.05) is 26.8 Å². The first-order valence-corrected chi connectivity index (χ1v) is 7.21. The second-order valence-electron chi connectivity index (χ2n) is 4.56. The van der Waals surface area contributed by atoms with Crippen LogP contribution in [0.2, 0.25) is 0 Å². The first-order valence-electron chi connectivity index (χ1n) is 6.33. The van der Waals surface area contributed by atoms with E-state index in [2.05, 4.69) is 10.6 Å². The second kappa shape index (κ2) is 8.14. The third-order valence-corrected chi connectivity index (χ3v) is 3.83. The van der Waals surface area contributed by atoms with Crippen molar-refractivity contribution in [3.63, 3.8) is 0 Å². The van der Waals surface area contributed by atoms with Gasteiger partial charge in [-0.3, -0.25) is 0 Å². The summed E-state index contributed by atoms with van der Waals surface area (Å²) in [7, 11) is 1.66. The number of hydrogen-bond donors (Lipinski definition) is 3. The summed E-state index contributed by atoms with van der Waals surface area (Å²) in [6.45, 7) is 3.20. The van der Waals surface area contributed by atoms with Crippen molar-refractivity contribution in [1.29, 1.82) is 0 Å². The molecule has 1 heterocycles. The standard InChI is InChI=1S/C13H22N2O3S/c1-13(17,11-6-5-9-19-11)10-15-12(16)14-7-3-4-8-18-2/h5-6,9,17H,3-4,7-8,10H2,1-2H3,(H2,14,15,16). The number of rotatable bonds is 8. The summed E-state index contributed by atoms with van der Waals surface area (Å²) in [5.74, 6) is 0. The highest BCUT2D eigenvalue weighted by molar-refractivity contribution is 7.10. The Hall–Kier alpha value is -1.11. The second-order valence-corrected chi connectivity index (χ2v) is 5.51. The summed E-state index contributed by atoms with van der Waals surface area (Å²) in [4.78, 5) is 12.4. The van der Waals surface area contributed by atoms with Gasteiger partial charge >= 0.3 is 6.03 Å². The van der Waals surface area contributed by atoms with Crippen LogP contribution in [0.1, 0.15) is 24.6 Å². The van der Waals surface area contributed by atoms with E-state index in [1.54, 1.807) is 14.0 Å². The Kier molecular flexibility index (Phi) is 6.83. The maximum atomic E-state index is 11.5. The van der Waals surface area contributed by atoms with Crippen molar-refractivity contribution in [3.8, 4) is 0 Å². The molecule has 1 aromatic heterocycles. The zero-order chi connectivity index (χ0) is 14.1. The lowest BCUT2D eigenvalue weighted by Crippen LogP contribution is -2.43. The van der Waals surface area contributed by atoms with Crippen LogP contribution in [0.5, 0.6) is 0 Å². The zero-order valence-electron chi connectivity index (χ0n) is 11.4. The normalized spacial score (nSPS) is 13.8. The van der Waals surface area contributed by atoms with Gasteiger partial charge in [-0.2, -0.15) is 0 Å². The van der Waals surface area contributed by atoms with E-state index >= 15 is 0 Å². The molecule has 108 valence electrons. The minimum absolute atomic E-state index is 0.192. The summed E-state index contributed by atoms with van der Waals surface area (Å²) < 4.78 is 4.92. The summed E-state index contributed by atoms with van der Waals surface area (Å²) >= 11 is 1.47. The van der Waals surface area contributed by atoms with E-state index in [0.29, 0.717) is 13.2 Å². The number of urea groups is 1. The van der Waals surface area contributed by atoms with Crippen molar-refractivity contribution < 1.29 is 14.6 Å². The smallest absolute Gasteiger partial charge is 0.314 e. The molecule has 0 fully saturated rings. The number of nitrogens with one attached hydrogen (secondary N) is 2. The summed E-state index contributed by atoms with van der Waals surface area (Å²) in [6.07, 6.45) is 1.80. The molecule has 0 saturated carbocycles. The van der Waals surface area contributed by atoms with Crippen LogP contribution in [0.15, 0.2) is 17.5 Å². The van der Waals surface area contributed by atoms with E-state index in [1.165, 1.54) is 11.3 Å². The minimum Gasteiger partial charge on any atom is -0.385 e. The average Bonchev–Trinajstić information content (AvgIpc) is 2.91. The molecule has 5 nitrogen and oxygen atoms in total. The van der Waals surface area contributed by atoms with Gasteiger partial charge in [0.05, 0.1) is 6.54 Å². The van der Waals surface area contributed by atoms with Crippen molar-refractivity contribution in [2.24, 2.45) is 0 Å². The molecule has 3 N–H and O–H groups in total. The van der Waals surface area contributed by atoms with E-state index < -0.39 is 5.60 Å². The molecular formula is C13H22N2O3S. The third kappa shape index (κ3) is 6.04.